The first kappa shape index (κ1) is 22.4. The van der Waals surface area contributed by atoms with Crippen molar-refractivity contribution in [3.63, 3.8) is 0 Å². The minimum atomic E-state index is -4.72. The quantitative estimate of drug-likeness (QED) is 0.0855. The number of carbonyl (C=O) groups excluding carboxylic acids is 3. The van der Waals surface area contributed by atoms with E-state index < -0.39 is 51.1 Å². The fourth-order valence-corrected chi connectivity index (χ4v) is 1.66. The van der Waals surface area contributed by atoms with Crippen molar-refractivity contribution < 1.29 is 41.3 Å². The maximum absolute atomic E-state index is 11.6. The first-order valence-corrected chi connectivity index (χ1v) is 8.47. The van der Waals surface area contributed by atoms with Gasteiger partial charge in [0.05, 0.1) is 6.54 Å². The van der Waals surface area contributed by atoms with Gasteiger partial charge < -0.3 is 38.3 Å². The average Bonchev–Trinajstić information content (AvgIpc) is 2.42. The summed E-state index contributed by atoms with van der Waals surface area (Å²) < 4.78 is 26.8. The highest BCUT2D eigenvalue weighted by molar-refractivity contribution is 14.1. The minimum Gasteiger partial charge on any atom is -0.424 e. The van der Waals surface area contributed by atoms with Crippen molar-refractivity contribution in [3.8, 4) is 0 Å². The van der Waals surface area contributed by atoms with Crippen molar-refractivity contribution in [2.75, 3.05) is 20.1 Å². The molecule has 0 radical (unpaired) electrons. The molecule has 138 valence electrons. The van der Waals surface area contributed by atoms with E-state index in [-0.39, 0.29) is 0 Å². The third-order valence-corrected chi connectivity index (χ3v) is 2.88. The van der Waals surface area contributed by atoms with Crippen molar-refractivity contribution in [1.29, 1.82) is 0 Å². The van der Waals surface area contributed by atoms with Gasteiger partial charge in [-0.2, -0.15) is 0 Å². The number of amides is 1. The Morgan fingerprint density at radius 3 is 2.46 bits per heavy atom. The van der Waals surface area contributed by atoms with E-state index in [1.54, 1.807) is 0 Å². The van der Waals surface area contributed by atoms with Gasteiger partial charge in [0.1, 0.15) is 6.54 Å². The Bertz CT molecular complexity index is 551. The number of guanidine groups is 1. The van der Waals surface area contributed by atoms with Crippen LogP contribution in [0.1, 0.15) is 6.92 Å². The van der Waals surface area contributed by atoms with Crippen LogP contribution in [-0.4, -0.2) is 65.1 Å². The molecule has 5 N–H and O–H groups in total. The highest BCUT2D eigenvalue weighted by Gasteiger charge is 2.17. The average molecular weight is 482 g/mol. The summed E-state index contributed by atoms with van der Waals surface area (Å²) in [6.07, 6.45) is -2.27. The maximum atomic E-state index is 11.6. The third-order valence-electron chi connectivity index (χ3n) is 2.06. The number of halogens is 1. The molecular weight excluding hydrogens is 466 g/mol. The zero-order valence-electron chi connectivity index (χ0n) is 12.5. The molecule has 0 fully saturated rings. The lowest BCUT2D eigenvalue weighted by Gasteiger charge is -2.17. The molecule has 0 heterocycles. The van der Waals surface area contributed by atoms with Gasteiger partial charge in [0, 0.05) is 14.0 Å². The summed E-state index contributed by atoms with van der Waals surface area (Å²) in [5.74, 6) is -2.14. The van der Waals surface area contributed by atoms with E-state index in [0.717, 1.165) is 4.90 Å². The Hall–Kier alpha value is -1.64. The highest BCUT2D eigenvalue weighted by Crippen LogP contribution is 2.35. The summed E-state index contributed by atoms with van der Waals surface area (Å²) in [7, 11) is -3.46. The predicted molar refractivity (Wildman–Crippen MR) is 86.4 cm³/mol. The molecule has 0 aromatic heterocycles. The monoisotopic (exact) mass is 482 g/mol. The largest absolute Gasteiger partial charge is 0.521 e. The topological polar surface area (TPSA) is 190 Å². The van der Waals surface area contributed by atoms with Gasteiger partial charge in [-0.3, -0.25) is 9.59 Å². The molecule has 1 unspecified atom stereocenters. The zero-order chi connectivity index (χ0) is 18.9. The van der Waals surface area contributed by atoms with Crippen molar-refractivity contribution in [1.82, 2.24) is 10.2 Å². The molecule has 0 aliphatic heterocycles. The fraction of sp³-hybridized carbons (Fsp3) is 0.556. The Morgan fingerprint density at radius 1 is 1.38 bits per heavy atom. The van der Waals surface area contributed by atoms with E-state index in [1.807, 2.05) is 0 Å². The van der Waals surface area contributed by atoms with Gasteiger partial charge >= 0.3 is 19.9 Å². The molecule has 0 spiro atoms. The molecular formula is C9H16IN4O9P. The number of carbonyl (C=O) groups is 3. The molecule has 1 atom stereocenters. The van der Waals surface area contributed by atoms with Gasteiger partial charge in [0.2, 0.25) is 18.2 Å². The fourth-order valence-electron chi connectivity index (χ4n) is 1.14. The number of nitrogens with zero attached hydrogens (tertiary/aromatic N) is 2. The number of nitrogens with one attached hydrogen (secondary N) is 1. The van der Waals surface area contributed by atoms with E-state index in [9.17, 15) is 18.9 Å². The Kier molecular flexibility index (Phi) is 9.57. The van der Waals surface area contributed by atoms with Crippen molar-refractivity contribution in [2.24, 2.45) is 10.5 Å². The van der Waals surface area contributed by atoms with Gasteiger partial charge in [-0.15, -0.1) is 4.76 Å². The molecule has 1 amide bonds. The number of ether oxygens (including phenoxy) is 2. The summed E-state index contributed by atoms with van der Waals surface area (Å²) in [5.41, 5.74) is 5.28. The molecule has 24 heavy (non-hydrogen) atoms. The molecule has 13 nitrogen and oxygen atoms in total. The number of esters is 1. The van der Waals surface area contributed by atoms with Crippen LogP contribution < -0.4 is 11.1 Å². The van der Waals surface area contributed by atoms with Gasteiger partial charge in [-0.1, -0.05) is 0 Å². The molecule has 0 saturated heterocycles. The Morgan fingerprint density at radius 2 is 1.96 bits per heavy atom. The Balaban J connectivity index is 4.26. The van der Waals surface area contributed by atoms with Crippen LogP contribution in [0.2, 0.25) is 0 Å². The summed E-state index contributed by atoms with van der Waals surface area (Å²) in [4.78, 5) is 51.9. The van der Waals surface area contributed by atoms with Gasteiger partial charge in [-0.25, -0.2) is 9.36 Å². The molecule has 0 bridgehead atoms. The number of nitrogens with two attached hydrogens (primary N) is 1. The van der Waals surface area contributed by atoms with E-state index >= 15 is 0 Å². The lowest BCUT2D eigenvalue weighted by molar-refractivity contribution is -0.165. The molecule has 0 aromatic rings. The SMILES string of the molecule is CC(OC(=O)CNC(=O)CN(C)C(N)=NP(=O)(O)O)OC(=O)OI. The van der Waals surface area contributed by atoms with Crippen molar-refractivity contribution >= 4 is 54.7 Å². The summed E-state index contributed by atoms with van der Waals surface area (Å²) in [6, 6.07) is 0. The van der Waals surface area contributed by atoms with Crippen molar-refractivity contribution in [2.45, 2.75) is 13.2 Å². The number of hydrogen-bond donors (Lipinski definition) is 4. The smallest absolute Gasteiger partial charge is 0.424 e. The first-order chi connectivity index (χ1) is 10.9. The number of hydrogen-bond acceptors (Lipinski definition) is 7. The molecule has 0 aliphatic carbocycles. The molecule has 0 rings (SSSR count). The summed E-state index contributed by atoms with van der Waals surface area (Å²) in [6.45, 7) is 0.311. The van der Waals surface area contributed by atoms with Gasteiger partial charge in [0.15, 0.2) is 23.0 Å². The normalized spacial score (nSPS) is 12.8. The molecule has 0 aromatic carbocycles. The van der Waals surface area contributed by atoms with Crippen LogP contribution in [0.3, 0.4) is 0 Å². The number of rotatable bonds is 7. The lowest BCUT2D eigenvalue weighted by Crippen LogP contribution is -2.43. The second-order valence-electron chi connectivity index (χ2n) is 4.11. The standard InChI is InChI=1S/C9H16IN4O9P/c1-5(22-9(17)23-10)21-7(16)3-12-6(15)4-14(2)8(11)13-24(18,19)20/h5H,3-4H2,1-2H3,(H,12,15)(H4,11,13,18,19,20). The van der Waals surface area contributed by atoms with Crippen LogP contribution in [0.15, 0.2) is 4.76 Å². The second-order valence-corrected chi connectivity index (χ2v) is 5.77. The van der Waals surface area contributed by atoms with Crippen LogP contribution in [0.5, 0.6) is 0 Å². The van der Waals surface area contributed by atoms with Gasteiger partial charge in [0.25, 0.3) is 0 Å². The number of likely N-dealkylation sites (N-methyl/N-ethyl adjacent to an activating group) is 1. The van der Waals surface area contributed by atoms with Crippen LogP contribution in [0, 0.1) is 0 Å². The van der Waals surface area contributed by atoms with Crippen LogP contribution in [0.4, 0.5) is 4.79 Å². The molecule has 0 saturated carbocycles. The Labute approximate surface area is 150 Å². The maximum Gasteiger partial charge on any atom is 0.521 e. The zero-order valence-corrected chi connectivity index (χ0v) is 15.6. The van der Waals surface area contributed by atoms with Crippen LogP contribution in [0.25, 0.3) is 0 Å². The minimum absolute atomic E-state index is 0.421. The second kappa shape index (κ2) is 10.3. The molecule has 0 aliphatic rings. The van der Waals surface area contributed by atoms with Gasteiger partial charge in [-0.05, 0) is 0 Å². The van der Waals surface area contributed by atoms with E-state index in [2.05, 4.69) is 22.6 Å². The van der Waals surface area contributed by atoms with Crippen molar-refractivity contribution in [3.05, 3.63) is 0 Å². The van der Waals surface area contributed by atoms with E-state index in [4.69, 9.17) is 15.5 Å². The van der Waals surface area contributed by atoms with E-state index in [0.29, 0.717) is 0 Å². The predicted octanol–water partition coefficient (Wildman–Crippen LogP) is -1.17. The lowest BCUT2D eigenvalue weighted by atomic mass is 10.5. The van der Waals surface area contributed by atoms with Crippen LogP contribution in [-0.2, 0) is 26.7 Å². The summed E-state index contributed by atoms with van der Waals surface area (Å²) in [5, 5.41) is 2.17. The van der Waals surface area contributed by atoms with Crippen LogP contribution >= 0.6 is 30.8 Å². The van der Waals surface area contributed by atoms with E-state index in [1.165, 1.54) is 37.0 Å². The summed E-state index contributed by atoms with van der Waals surface area (Å²) >= 11 is 1.28. The highest BCUT2D eigenvalue weighted by atomic mass is 127. The first-order valence-electron chi connectivity index (χ1n) is 6.02. The molecule has 15 heteroatoms. The third kappa shape index (κ3) is 11.0.